The van der Waals surface area contributed by atoms with E-state index in [1.54, 1.807) is 0 Å². The average Bonchev–Trinajstić information content (AvgIpc) is 2.00. The zero-order valence-corrected chi connectivity index (χ0v) is 10.9. The van der Waals surface area contributed by atoms with Gasteiger partial charge in [0.2, 0.25) is 0 Å². The molecule has 0 aliphatic rings. The van der Waals surface area contributed by atoms with Gasteiger partial charge >= 0.3 is 5.97 Å². The van der Waals surface area contributed by atoms with Crippen LogP contribution in [0.4, 0.5) is 0 Å². The second-order valence-corrected chi connectivity index (χ2v) is 5.64. The van der Waals surface area contributed by atoms with E-state index in [2.05, 4.69) is 20.8 Å². The van der Waals surface area contributed by atoms with E-state index in [0.29, 0.717) is 0 Å². The monoisotopic (exact) mass is 215 g/mol. The number of rotatable bonds is 5. The highest BCUT2D eigenvalue weighted by Crippen LogP contribution is 2.30. The van der Waals surface area contributed by atoms with Crippen LogP contribution < -0.4 is 5.73 Å². The summed E-state index contributed by atoms with van der Waals surface area (Å²) in [5.41, 5.74) is 5.67. The number of hydrogen-bond donors (Lipinski definition) is 1. The van der Waals surface area contributed by atoms with E-state index in [1.165, 1.54) is 6.92 Å². The molecule has 2 N–H and O–H groups in total. The lowest BCUT2D eigenvalue weighted by atomic mass is 9.79. The molecule has 0 rings (SSSR count). The second-order valence-electron chi connectivity index (χ2n) is 5.64. The van der Waals surface area contributed by atoms with Crippen LogP contribution in [0.1, 0.15) is 54.4 Å². The van der Waals surface area contributed by atoms with Crippen LogP contribution in [0.5, 0.6) is 0 Å². The third kappa shape index (κ3) is 5.78. The summed E-state index contributed by atoms with van der Waals surface area (Å²) in [5.74, 6) is -0.259. The molecular formula is C12H25NO2. The number of ether oxygens (including phenoxy) is 1. The van der Waals surface area contributed by atoms with Crippen LogP contribution in [0.25, 0.3) is 0 Å². The largest absolute Gasteiger partial charge is 0.461 e. The molecule has 0 aromatic rings. The average molecular weight is 215 g/mol. The SMILES string of the molecule is CCC(C)(C)CC(OC(C)=O)C(C)(C)N. The molecule has 0 aromatic heterocycles. The maximum atomic E-state index is 11.0. The highest BCUT2D eigenvalue weighted by atomic mass is 16.5. The first-order valence-corrected chi connectivity index (χ1v) is 5.54. The van der Waals surface area contributed by atoms with Crippen molar-refractivity contribution in [2.75, 3.05) is 0 Å². The maximum absolute atomic E-state index is 11.0. The fourth-order valence-corrected chi connectivity index (χ4v) is 1.30. The van der Waals surface area contributed by atoms with Crippen molar-refractivity contribution in [2.45, 2.75) is 66.0 Å². The molecule has 0 aliphatic heterocycles. The van der Waals surface area contributed by atoms with E-state index in [9.17, 15) is 4.79 Å². The molecule has 0 aliphatic carbocycles. The Balaban J connectivity index is 4.59. The van der Waals surface area contributed by atoms with Gasteiger partial charge in [-0.15, -0.1) is 0 Å². The van der Waals surface area contributed by atoms with Crippen LogP contribution in [0, 0.1) is 5.41 Å². The number of carbonyl (C=O) groups excluding carboxylic acids is 1. The van der Waals surface area contributed by atoms with E-state index in [-0.39, 0.29) is 17.5 Å². The van der Waals surface area contributed by atoms with Crippen LogP contribution in [0.3, 0.4) is 0 Å². The Hall–Kier alpha value is -0.570. The first kappa shape index (κ1) is 14.4. The lowest BCUT2D eigenvalue weighted by Gasteiger charge is -2.35. The van der Waals surface area contributed by atoms with Gasteiger partial charge in [-0.3, -0.25) is 4.79 Å². The summed E-state index contributed by atoms with van der Waals surface area (Å²) in [4.78, 5) is 11.0. The van der Waals surface area contributed by atoms with E-state index in [1.807, 2.05) is 13.8 Å². The van der Waals surface area contributed by atoms with Crippen molar-refractivity contribution in [3.63, 3.8) is 0 Å². The van der Waals surface area contributed by atoms with Crippen molar-refractivity contribution < 1.29 is 9.53 Å². The first-order valence-electron chi connectivity index (χ1n) is 5.54. The molecule has 1 atom stereocenters. The molecule has 0 heterocycles. The van der Waals surface area contributed by atoms with Crippen molar-refractivity contribution in [3.8, 4) is 0 Å². The molecule has 15 heavy (non-hydrogen) atoms. The second kappa shape index (κ2) is 4.97. The van der Waals surface area contributed by atoms with Crippen molar-refractivity contribution in [1.29, 1.82) is 0 Å². The number of esters is 1. The van der Waals surface area contributed by atoms with Gasteiger partial charge in [0.1, 0.15) is 6.10 Å². The zero-order chi connectivity index (χ0) is 12.3. The maximum Gasteiger partial charge on any atom is 0.302 e. The lowest BCUT2D eigenvalue weighted by molar-refractivity contribution is -0.151. The van der Waals surface area contributed by atoms with Crippen LogP contribution in [0.2, 0.25) is 0 Å². The minimum Gasteiger partial charge on any atom is -0.461 e. The lowest BCUT2D eigenvalue weighted by Crippen LogP contribution is -2.49. The summed E-state index contributed by atoms with van der Waals surface area (Å²) < 4.78 is 5.29. The molecule has 1 unspecified atom stereocenters. The minimum absolute atomic E-state index is 0.150. The van der Waals surface area contributed by atoms with Gasteiger partial charge < -0.3 is 10.5 Å². The Kier molecular flexibility index (Phi) is 4.78. The Morgan fingerprint density at radius 2 is 1.80 bits per heavy atom. The van der Waals surface area contributed by atoms with Crippen molar-refractivity contribution in [2.24, 2.45) is 11.1 Å². The van der Waals surface area contributed by atoms with Gasteiger partial charge in [-0.2, -0.15) is 0 Å². The predicted molar refractivity (Wildman–Crippen MR) is 62.5 cm³/mol. The van der Waals surface area contributed by atoms with Gasteiger partial charge in [0.05, 0.1) is 0 Å². The fourth-order valence-electron chi connectivity index (χ4n) is 1.30. The molecule has 0 saturated heterocycles. The Morgan fingerprint density at radius 3 is 2.07 bits per heavy atom. The molecule has 0 bridgehead atoms. The van der Waals surface area contributed by atoms with Crippen molar-refractivity contribution in [3.05, 3.63) is 0 Å². The molecule has 0 fully saturated rings. The Labute approximate surface area is 93.4 Å². The number of nitrogens with two attached hydrogens (primary N) is 1. The third-order valence-corrected chi connectivity index (χ3v) is 2.83. The van der Waals surface area contributed by atoms with Crippen LogP contribution in [0.15, 0.2) is 0 Å². The zero-order valence-electron chi connectivity index (χ0n) is 10.9. The summed E-state index contributed by atoms with van der Waals surface area (Å²) in [6, 6.07) is 0. The van der Waals surface area contributed by atoms with Gasteiger partial charge in [-0.25, -0.2) is 0 Å². The molecule has 0 spiro atoms. The Bertz CT molecular complexity index is 216. The molecule has 3 nitrogen and oxygen atoms in total. The van der Waals surface area contributed by atoms with E-state index in [0.717, 1.165) is 12.8 Å². The molecule has 0 radical (unpaired) electrons. The smallest absolute Gasteiger partial charge is 0.302 e. The predicted octanol–water partition coefficient (Wildman–Crippen LogP) is 2.48. The molecule has 3 heteroatoms. The van der Waals surface area contributed by atoms with Crippen LogP contribution in [-0.2, 0) is 9.53 Å². The standard InChI is InChI=1S/C12H25NO2/c1-7-11(3,4)8-10(12(5,6)13)15-9(2)14/h10H,7-8,13H2,1-6H3. The molecule has 0 aromatic carbocycles. The minimum atomic E-state index is -0.488. The van der Waals surface area contributed by atoms with Crippen LogP contribution >= 0.6 is 0 Å². The fraction of sp³-hybridized carbons (Fsp3) is 0.917. The topological polar surface area (TPSA) is 52.3 Å². The highest BCUT2D eigenvalue weighted by molar-refractivity contribution is 5.66. The van der Waals surface area contributed by atoms with Gasteiger partial charge in [0.15, 0.2) is 0 Å². The molecular weight excluding hydrogens is 190 g/mol. The summed E-state index contributed by atoms with van der Waals surface area (Å²) in [6.45, 7) is 11.7. The van der Waals surface area contributed by atoms with E-state index in [4.69, 9.17) is 10.5 Å². The van der Waals surface area contributed by atoms with Crippen molar-refractivity contribution >= 4 is 5.97 Å². The molecule has 90 valence electrons. The number of carbonyl (C=O) groups is 1. The van der Waals surface area contributed by atoms with Gasteiger partial charge in [-0.05, 0) is 25.7 Å². The van der Waals surface area contributed by atoms with Gasteiger partial charge in [0.25, 0.3) is 0 Å². The van der Waals surface area contributed by atoms with E-state index < -0.39 is 5.54 Å². The van der Waals surface area contributed by atoms with E-state index >= 15 is 0 Å². The van der Waals surface area contributed by atoms with Gasteiger partial charge in [-0.1, -0.05) is 27.2 Å². The Morgan fingerprint density at radius 1 is 1.33 bits per heavy atom. The summed E-state index contributed by atoms with van der Waals surface area (Å²) >= 11 is 0. The quantitative estimate of drug-likeness (QED) is 0.717. The van der Waals surface area contributed by atoms with Crippen LogP contribution in [-0.4, -0.2) is 17.6 Å². The number of hydrogen-bond acceptors (Lipinski definition) is 3. The summed E-state index contributed by atoms with van der Waals surface area (Å²) in [7, 11) is 0. The van der Waals surface area contributed by atoms with Crippen molar-refractivity contribution in [1.82, 2.24) is 0 Å². The first-order chi connectivity index (χ1) is 6.58. The highest BCUT2D eigenvalue weighted by Gasteiger charge is 2.33. The van der Waals surface area contributed by atoms with Gasteiger partial charge in [0, 0.05) is 12.5 Å². The molecule has 0 amide bonds. The normalized spacial score (nSPS) is 14.9. The summed E-state index contributed by atoms with van der Waals surface area (Å²) in [5, 5.41) is 0. The molecule has 0 saturated carbocycles. The third-order valence-electron chi connectivity index (χ3n) is 2.83. The summed E-state index contributed by atoms with van der Waals surface area (Å²) in [6.07, 6.45) is 1.62.